The van der Waals surface area contributed by atoms with Gasteiger partial charge in [0.2, 0.25) is 12.1 Å². The molecule has 0 aliphatic heterocycles. The lowest BCUT2D eigenvalue weighted by atomic mass is 10.1. The topological polar surface area (TPSA) is 182 Å². The van der Waals surface area contributed by atoms with E-state index in [4.69, 9.17) is 0 Å². The number of fused-ring (bicyclic) bond motifs is 1. The van der Waals surface area contributed by atoms with Crippen LogP contribution >= 0.6 is 0 Å². The van der Waals surface area contributed by atoms with Crippen LogP contribution in [0, 0.1) is 35.6 Å². The Kier molecular flexibility index (Phi) is 2.86. The van der Waals surface area contributed by atoms with Crippen LogP contribution in [-0.2, 0) is 6.54 Å². The van der Waals surface area contributed by atoms with Gasteiger partial charge in [-0.1, -0.05) is 0 Å². The lowest BCUT2D eigenvalue weighted by molar-refractivity contribution is -0.782. The molecule has 0 saturated heterocycles. The van der Waals surface area contributed by atoms with Crippen LogP contribution in [0.3, 0.4) is 0 Å². The standard InChI is InChI=1S/C7H3N5O8/c13-9(14)2-3-4(10(15)16)1-5(11(17)18)6-7(3)12(19)20-8-6/h1H,2H2. The maximum absolute atomic E-state index is 11.4. The van der Waals surface area contributed by atoms with Gasteiger partial charge >= 0.3 is 11.2 Å². The van der Waals surface area contributed by atoms with Crippen LogP contribution in [0.5, 0.6) is 0 Å². The summed E-state index contributed by atoms with van der Waals surface area (Å²) in [6.07, 6.45) is 0. The summed E-state index contributed by atoms with van der Waals surface area (Å²) >= 11 is 0. The first kappa shape index (κ1) is 13.1. The molecule has 0 fully saturated rings. The van der Waals surface area contributed by atoms with Crippen molar-refractivity contribution >= 4 is 22.4 Å². The monoisotopic (exact) mass is 285 g/mol. The molecule has 13 nitrogen and oxygen atoms in total. The first-order valence-corrected chi connectivity index (χ1v) is 4.78. The summed E-state index contributed by atoms with van der Waals surface area (Å²) in [7, 11) is 0. The van der Waals surface area contributed by atoms with Crippen molar-refractivity contribution in [3.8, 4) is 0 Å². The number of nitro groups is 3. The minimum atomic E-state index is -1.08. The van der Waals surface area contributed by atoms with Gasteiger partial charge in [0.05, 0.1) is 21.1 Å². The van der Waals surface area contributed by atoms with Gasteiger partial charge in [0.25, 0.3) is 5.69 Å². The fourth-order valence-electron chi connectivity index (χ4n) is 1.66. The van der Waals surface area contributed by atoms with Crippen LogP contribution in [0.4, 0.5) is 11.4 Å². The molecule has 1 aromatic heterocycles. The van der Waals surface area contributed by atoms with Crippen molar-refractivity contribution in [1.82, 2.24) is 5.16 Å². The van der Waals surface area contributed by atoms with Crippen molar-refractivity contribution in [1.29, 1.82) is 0 Å². The maximum atomic E-state index is 11.4. The molecule has 1 heterocycles. The van der Waals surface area contributed by atoms with Crippen molar-refractivity contribution in [3.05, 3.63) is 47.2 Å². The lowest BCUT2D eigenvalue weighted by Crippen LogP contribution is -2.25. The second-order valence-electron chi connectivity index (χ2n) is 3.53. The van der Waals surface area contributed by atoms with E-state index in [0.717, 1.165) is 0 Å². The van der Waals surface area contributed by atoms with Gasteiger partial charge in [0, 0.05) is 4.92 Å². The number of non-ortho nitro benzene ring substituents is 1. The summed E-state index contributed by atoms with van der Waals surface area (Å²) in [6, 6.07) is 0.504. The van der Waals surface area contributed by atoms with E-state index in [9.17, 15) is 35.6 Å². The number of hydrogen-bond acceptors (Lipinski definition) is 9. The largest absolute Gasteiger partial charge is 0.359 e. The molecule has 0 bridgehead atoms. The van der Waals surface area contributed by atoms with E-state index in [0.29, 0.717) is 6.07 Å². The van der Waals surface area contributed by atoms with Crippen LogP contribution in [-0.4, -0.2) is 19.9 Å². The zero-order chi connectivity index (χ0) is 15.0. The third kappa shape index (κ3) is 1.92. The van der Waals surface area contributed by atoms with Gasteiger partial charge in [-0.2, -0.15) is 0 Å². The highest BCUT2D eigenvalue weighted by Gasteiger charge is 2.36. The highest BCUT2D eigenvalue weighted by atomic mass is 16.8. The maximum Gasteiger partial charge on any atom is 0.333 e. The quantitative estimate of drug-likeness (QED) is 0.425. The fraction of sp³-hybridized carbons (Fsp3) is 0.143. The minimum Gasteiger partial charge on any atom is -0.359 e. The molecule has 0 unspecified atom stereocenters. The smallest absolute Gasteiger partial charge is 0.333 e. The average molecular weight is 285 g/mol. The van der Waals surface area contributed by atoms with E-state index in [1.165, 1.54) is 0 Å². The molecular weight excluding hydrogens is 282 g/mol. The Morgan fingerprint density at radius 3 is 2.25 bits per heavy atom. The summed E-state index contributed by atoms with van der Waals surface area (Å²) in [5, 5.41) is 46.6. The first-order valence-electron chi connectivity index (χ1n) is 4.78. The number of nitrogens with zero attached hydrogens (tertiary/aromatic N) is 5. The van der Waals surface area contributed by atoms with Gasteiger partial charge in [-0.15, -0.1) is 0 Å². The molecule has 0 spiro atoms. The van der Waals surface area contributed by atoms with Crippen LogP contribution in [0.15, 0.2) is 10.7 Å². The summed E-state index contributed by atoms with van der Waals surface area (Å²) in [5.41, 5.74) is -3.68. The minimum absolute atomic E-state index is 0.339. The second kappa shape index (κ2) is 4.38. The molecule has 0 amide bonds. The van der Waals surface area contributed by atoms with Crippen molar-refractivity contribution in [2.75, 3.05) is 0 Å². The first-order chi connectivity index (χ1) is 9.32. The molecular formula is C7H3N5O8. The Morgan fingerprint density at radius 2 is 1.75 bits per heavy atom. The van der Waals surface area contributed by atoms with E-state index in [2.05, 4.69) is 9.79 Å². The van der Waals surface area contributed by atoms with Crippen LogP contribution in [0.25, 0.3) is 11.0 Å². The second-order valence-corrected chi connectivity index (χ2v) is 3.53. The molecule has 0 saturated carbocycles. The predicted octanol–water partition coefficient (Wildman–Crippen LogP) is 0.0543. The van der Waals surface area contributed by atoms with Crippen molar-refractivity contribution < 1.29 is 24.3 Å². The molecule has 0 atom stereocenters. The van der Waals surface area contributed by atoms with Crippen LogP contribution in [0.1, 0.15) is 5.56 Å². The fourth-order valence-corrected chi connectivity index (χ4v) is 1.66. The number of hydrogen-bond donors (Lipinski definition) is 0. The molecule has 0 aliphatic carbocycles. The molecule has 0 aliphatic rings. The molecule has 104 valence electrons. The van der Waals surface area contributed by atoms with E-state index >= 15 is 0 Å². The van der Waals surface area contributed by atoms with Gasteiger partial charge in [0.15, 0.2) is 5.56 Å². The van der Waals surface area contributed by atoms with Gasteiger partial charge in [0.1, 0.15) is 0 Å². The molecule has 2 aromatic rings. The van der Waals surface area contributed by atoms with Crippen LogP contribution < -0.4 is 4.90 Å². The zero-order valence-electron chi connectivity index (χ0n) is 9.29. The number of aromatic nitrogens is 2. The van der Waals surface area contributed by atoms with E-state index in [1.807, 2.05) is 0 Å². The van der Waals surface area contributed by atoms with E-state index in [1.54, 1.807) is 0 Å². The molecule has 1 aromatic carbocycles. The molecule has 0 radical (unpaired) electrons. The van der Waals surface area contributed by atoms with Crippen LogP contribution in [0.2, 0.25) is 0 Å². The van der Waals surface area contributed by atoms with Gasteiger partial charge in [-0.3, -0.25) is 35.0 Å². The van der Waals surface area contributed by atoms with Gasteiger partial charge < -0.3 is 5.21 Å². The normalized spacial score (nSPS) is 10.6. The third-order valence-corrected chi connectivity index (χ3v) is 2.40. The Labute approximate surface area is 107 Å². The Bertz CT molecular complexity index is 751. The highest BCUT2D eigenvalue weighted by Crippen LogP contribution is 2.33. The Morgan fingerprint density at radius 1 is 1.15 bits per heavy atom. The average Bonchev–Trinajstić information content (AvgIpc) is 2.70. The summed E-state index contributed by atoms with van der Waals surface area (Å²) in [5.74, 6) is 0. The van der Waals surface area contributed by atoms with Crippen molar-refractivity contribution in [2.24, 2.45) is 0 Å². The summed E-state index contributed by atoms with van der Waals surface area (Å²) in [4.78, 5) is 28.8. The zero-order valence-corrected chi connectivity index (χ0v) is 9.29. The number of benzene rings is 1. The molecule has 2 rings (SSSR count). The van der Waals surface area contributed by atoms with Crippen molar-refractivity contribution in [3.63, 3.8) is 0 Å². The number of nitro benzene ring substituents is 2. The molecule has 0 N–H and O–H groups in total. The lowest BCUT2D eigenvalue weighted by Gasteiger charge is -1.99. The van der Waals surface area contributed by atoms with Crippen molar-refractivity contribution in [2.45, 2.75) is 6.54 Å². The SMILES string of the molecule is O=[N+]([O-])Cc1c([N+](=O)[O-])cc([N+](=O)[O-])c2no[n+]([O-])c12. The van der Waals surface area contributed by atoms with E-state index < -0.39 is 49.3 Å². The summed E-state index contributed by atoms with van der Waals surface area (Å²) < 4.78 is 4.12. The third-order valence-electron chi connectivity index (χ3n) is 2.40. The molecule has 13 heteroatoms. The molecule has 20 heavy (non-hydrogen) atoms. The Hall–Kier alpha value is -3.38. The Balaban J connectivity index is 2.93. The highest BCUT2D eigenvalue weighted by molar-refractivity contribution is 5.87. The van der Waals surface area contributed by atoms with E-state index in [-0.39, 0.29) is 4.90 Å². The van der Waals surface area contributed by atoms with Gasteiger partial charge in [-0.05, 0) is 4.90 Å². The van der Waals surface area contributed by atoms with Gasteiger partial charge in [-0.25, -0.2) is 0 Å². The predicted molar refractivity (Wildman–Crippen MR) is 57.0 cm³/mol. The summed E-state index contributed by atoms with van der Waals surface area (Å²) in [6.45, 7) is -1.08. The number of rotatable bonds is 4.